The maximum absolute atomic E-state index is 5.95. The second-order valence-electron chi connectivity index (χ2n) is 5.52. The Labute approximate surface area is 149 Å². The van der Waals surface area contributed by atoms with E-state index in [9.17, 15) is 0 Å². The Balaban J connectivity index is 1.70. The highest BCUT2D eigenvalue weighted by atomic mass is 35.5. The van der Waals surface area contributed by atoms with Crippen LogP contribution in [0.1, 0.15) is 5.56 Å². The molecule has 4 rings (SSSR count). The van der Waals surface area contributed by atoms with Crippen molar-refractivity contribution in [1.29, 1.82) is 0 Å². The van der Waals surface area contributed by atoms with Crippen molar-refractivity contribution in [3.63, 3.8) is 0 Å². The van der Waals surface area contributed by atoms with Gasteiger partial charge in [0, 0.05) is 10.6 Å². The van der Waals surface area contributed by atoms with Crippen LogP contribution in [-0.4, -0.2) is 14.9 Å². The second kappa shape index (κ2) is 6.83. The lowest BCUT2D eigenvalue weighted by molar-refractivity contribution is 0.567. The summed E-state index contributed by atoms with van der Waals surface area (Å²) < 4.78 is 7.08. The van der Waals surface area contributed by atoms with Gasteiger partial charge in [0.1, 0.15) is 6.26 Å². The van der Waals surface area contributed by atoms with Gasteiger partial charge in [-0.25, -0.2) is 4.68 Å². The molecule has 2 aromatic heterocycles. The Kier molecular flexibility index (Phi) is 4.23. The molecular weight excluding hydrogens is 336 g/mol. The van der Waals surface area contributed by atoms with Crippen molar-refractivity contribution >= 4 is 11.6 Å². The molecule has 0 radical (unpaired) electrons. The second-order valence-corrected chi connectivity index (χ2v) is 5.96. The van der Waals surface area contributed by atoms with Crippen LogP contribution in [0.2, 0.25) is 5.02 Å². The molecule has 0 saturated carbocycles. The first kappa shape index (κ1) is 15.5. The number of hydrogen-bond donors (Lipinski definition) is 1. The van der Waals surface area contributed by atoms with Crippen LogP contribution in [0.25, 0.3) is 22.8 Å². The highest BCUT2D eigenvalue weighted by Gasteiger charge is 2.16. The minimum Gasteiger partial charge on any atom is -0.472 e. The van der Waals surface area contributed by atoms with E-state index in [1.807, 2.05) is 65.3 Å². The van der Waals surface area contributed by atoms with Crippen LogP contribution in [0.4, 0.5) is 0 Å². The predicted octanol–water partition coefficient (Wildman–Crippen LogP) is 4.60. The molecule has 1 N–H and O–H groups in total. The van der Waals surface area contributed by atoms with Crippen molar-refractivity contribution in [2.24, 2.45) is 0 Å². The predicted molar refractivity (Wildman–Crippen MR) is 97.7 cm³/mol. The Morgan fingerprint density at radius 2 is 1.60 bits per heavy atom. The molecule has 0 unspecified atom stereocenters. The summed E-state index contributed by atoms with van der Waals surface area (Å²) in [5, 5.41) is 9.41. The molecule has 4 aromatic rings. The van der Waals surface area contributed by atoms with E-state index >= 15 is 0 Å². The van der Waals surface area contributed by atoms with E-state index in [-0.39, 0.29) is 0 Å². The van der Waals surface area contributed by atoms with Crippen molar-refractivity contribution in [2.45, 2.75) is 6.54 Å². The summed E-state index contributed by atoms with van der Waals surface area (Å²) in [4.78, 5) is 0. The molecule has 0 aliphatic rings. The molecule has 25 heavy (non-hydrogen) atoms. The van der Waals surface area contributed by atoms with Gasteiger partial charge < -0.3 is 9.84 Å². The van der Waals surface area contributed by atoms with E-state index in [2.05, 4.69) is 15.6 Å². The number of nitrogens with zero attached hydrogens (tertiary/aromatic N) is 3. The normalized spacial score (nSPS) is 10.8. The lowest BCUT2D eigenvalue weighted by Gasteiger charge is -2.12. The highest BCUT2D eigenvalue weighted by Crippen LogP contribution is 2.24. The number of aromatic nitrogens is 3. The standard InChI is InChI=1S/C19H15ClN4O/c20-17-8-6-14(7-9-17)12-21-24-18(15-4-2-1-3-5-15)22-23-19(24)16-10-11-25-13-16/h1-11,13,21H,12H2. The summed E-state index contributed by atoms with van der Waals surface area (Å²) in [5.74, 6) is 1.44. The lowest BCUT2D eigenvalue weighted by Crippen LogP contribution is -2.17. The molecule has 0 bridgehead atoms. The van der Waals surface area contributed by atoms with Crippen molar-refractivity contribution in [2.75, 3.05) is 5.43 Å². The zero-order chi connectivity index (χ0) is 17.1. The van der Waals surface area contributed by atoms with Gasteiger partial charge in [-0.2, -0.15) is 0 Å². The quantitative estimate of drug-likeness (QED) is 0.571. The van der Waals surface area contributed by atoms with Gasteiger partial charge in [-0.3, -0.25) is 0 Å². The molecule has 0 fully saturated rings. The third kappa shape index (κ3) is 3.27. The number of hydrogen-bond acceptors (Lipinski definition) is 4. The number of benzene rings is 2. The van der Waals surface area contributed by atoms with Crippen molar-refractivity contribution in [3.05, 3.63) is 83.8 Å². The third-order valence-corrected chi connectivity index (χ3v) is 4.08. The molecule has 0 atom stereocenters. The van der Waals surface area contributed by atoms with Crippen LogP contribution in [-0.2, 0) is 6.54 Å². The van der Waals surface area contributed by atoms with Crippen molar-refractivity contribution < 1.29 is 4.42 Å². The number of halogens is 1. The minimum absolute atomic E-state index is 0.611. The van der Waals surface area contributed by atoms with Gasteiger partial charge in [0.15, 0.2) is 11.6 Å². The summed E-state index contributed by atoms with van der Waals surface area (Å²) in [6.07, 6.45) is 3.27. The molecule has 0 aliphatic carbocycles. The first-order valence-corrected chi connectivity index (χ1v) is 8.21. The fourth-order valence-corrected chi connectivity index (χ4v) is 2.69. The summed E-state index contributed by atoms with van der Waals surface area (Å²) in [7, 11) is 0. The van der Waals surface area contributed by atoms with E-state index in [0.29, 0.717) is 12.4 Å². The molecule has 6 heteroatoms. The van der Waals surface area contributed by atoms with Gasteiger partial charge >= 0.3 is 0 Å². The zero-order valence-corrected chi connectivity index (χ0v) is 14.0. The van der Waals surface area contributed by atoms with Crippen LogP contribution in [0.3, 0.4) is 0 Å². The van der Waals surface area contributed by atoms with E-state index in [4.69, 9.17) is 16.0 Å². The molecule has 5 nitrogen and oxygen atoms in total. The molecule has 0 saturated heterocycles. The van der Waals surface area contributed by atoms with Crippen molar-refractivity contribution in [1.82, 2.24) is 14.9 Å². The Morgan fingerprint density at radius 3 is 2.28 bits per heavy atom. The van der Waals surface area contributed by atoms with Gasteiger partial charge in [0.25, 0.3) is 0 Å². The number of rotatable bonds is 5. The zero-order valence-electron chi connectivity index (χ0n) is 13.3. The van der Waals surface area contributed by atoms with Crippen LogP contribution >= 0.6 is 11.6 Å². The van der Waals surface area contributed by atoms with Gasteiger partial charge in [-0.1, -0.05) is 54.1 Å². The molecule has 2 aromatic carbocycles. The third-order valence-electron chi connectivity index (χ3n) is 3.83. The topological polar surface area (TPSA) is 55.9 Å². The van der Waals surface area contributed by atoms with Gasteiger partial charge in [-0.05, 0) is 23.8 Å². The summed E-state index contributed by atoms with van der Waals surface area (Å²) in [6.45, 7) is 0.611. The van der Waals surface area contributed by atoms with E-state index < -0.39 is 0 Å². The van der Waals surface area contributed by atoms with Gasteiger partial charge in [0.2, 0.25) is 0 Å². The Hall–Kier alpha value is -3.05. The molecule has 0 aliphatic heterocycles. The fraction of sp³-hybridized carbons (Fsp3) is 0.0526. The van der Waals surface area contributed by atoms with Crippen LogP contribution < -0.4 is 5.43 Å². The van der Waals surface area contributed by atoms with Gasteiger partial charge in [-0.15, -0.1) is 10.2 Å². The largest absolute Gasteiger partial charge is 0.472 e. The first-order valence-electron chi connectivity index (χ1n) is 7.83. The first-order chi connectivity index (χ1) is 12.3. The molecular formula is C19H15ClN4O. The number of furan rings is 1. The summed E-state index contributed by atoms with van der Waals surface area (Å²) in [5.41, 5.74) is 6.34. The van der Waals surface area contributed by atoms with Crippen LogP contribution in [0, 0.1) is 0 Å². The Morgan fingerprint density at radius 1 is 0.880 bits per heavy atom. The highest BCUT2D eigenvalue weighted by molar-refractivity contribution is 6.30. The van der Waals surface area contributed by atoms with E-state index in [0.717, 1.165) is 27.5 Å². The average Bonchev–Trinajstić information content (AvgIpc) is 3.31. The van der Waals surface area contributed by atoms with Crippen LogP contribution in [0.15, 0.2) is 77.6 Å². The monoisotopic (exact) mass is 350 g/mol. The van der Waals surface area contributed by atoms with Crippen molar-refractivity contribution in [3.8, 4) is 22.8 Å². The molecule has 124 valence electrons. The molecule has 0 amide bonds. The summed E-state index contributed by atoms with van der Waals surface area (Å²) in [6, 6.07) is 19.5. The lowest BCUT2D eigenvalue weighted by atomic mass is 10.2. The Bertz CT molecular complexity index is 947. The van der Waals surface area contributed by atoms with E-state index in [1.165, 1.54) is 0 Å². The molecule has 2 heterocycles. The van der Waals surface area contributed by atoms with Crippen LogP contribution in [0.5, 0.6) is 0 Å². The average molecular weight is 351 g/mol. The number of nitrogens with one attached hydrogen (secondary N) is 1. The minimum atomic E-state index is 0.611. The maximum Gasteiger partial charge on any atom is 0.186 e. The summed E-state index contributed by atoms with van der Waals surface area (Å²) >= 11 is 5.95. The van der Waals surface area contributed by atoms with E-state index in [1.54, 1.807) is 12.5 Å². The molecule has 0 spiro atoms. The fourth-order valence-electron chi connectivity index (χ4n) is 2.56. The SMILES string of the molecule is Clc1ccc(CNn2c(-c3ccccc3)nnc2-c2ccoc2)cc1. The van der Waals surface area contributed by atoms with Gasteiger partial charge in [0.05, 0.1) is 18.4 Å². The maximum atomic E-state index is 5.95. The smallest absolute Gasteiger partial charge is 0.186 e.